The fourth-order valence-electron chi connectivity index (χ4n) is 1.10. The van der Waals surface area contributed by atoms with Crippen LogP contribution in [0.25, 0.3) is 6.08 Å². The number of unbranched alkanes of at least 4 members (excludes halogenated alkanes) is 1. The van der Waals surface area contributed by atoms with Gasteiger partial charge in [0.05, 0.1) is 0 Å². The van der Waals surface area contributed by atoms with Gasteiger partial charge in [-0.1, -0.05) is 54.6 Å². The van der Waals surface area contributed by atoms with Gasteiger partial charge in [0, 0.05) is 5.88 Å². The maximum absolute atomic E-state index is 5.56. The van der Waals surface area contributed by atoms with Gasteiger partial charge in [-0.2, -0.15) is 0 Å². The summed E-state index contributed by atoms with van der Waals surface area (Å²) in [6.45, 7) is 0. The molecule has 1 aromatic rings. The summed E-state index contributed by atoms with van der Waals surface area (Å²) >= 11 is 5.56. The van der Waals surface area contributed by atoms with E-state index >= 15 is 0 Å². The number of halogens is 1. The van der Waals surface area contributed by atoms with Crippen molar-refractivity contribution in [3.8, 4) is 0 Å². The third-order valence-corrected chi connectivity index (χ3v) is 2.11. The molecule has 74 valence electrons. The maximum atomic E-state index is 5.56. The van der Waals surface area contributed by atoms with Crippen LogP contribution in [-0.4, -0.2) is 5.88 Å². The van der Waals surface area contributed by atoms with Gasteiger partial charge in [-0.25, -0.2) is 0 Å². The highest BCUT2D eigenvalue weighted by molar-refractivity contribution is 6.17. The van der Waals surface area contributed by atoms with Gasteiger partial charge in [-0.05, 0) is 18.4 Å². The predicted octanol–water partition coefficient (Wildman–Crippen LogP) is 4.28. The van der Waals surface area contributed by atoms with Crippen LogP contribution in [-0.2, 0) is 0 Å². The van der Waals surface area contributed by atoms with Gasteiger partial charge >= 0.3 is 0 Å². The van der Waals surface area contributed by atoms with E-state index < -0.39 is 0 Å². The Hall–Kier alpha value is -1.01. The van der Waals surface area contributed by atoms with Crippen molar-refractivity contribution in [2.75, 3.05) is 5.88 Å². The molecule has 0 aliphatic heterocycles. The maximum Gasteiger partial charge on any atom is 0.0226 e. The van der Waals surface area contributed by atoms with E-state index in [1.807, 2.05) is 18.2 Å². The van der Waals surface area contributed by atoms with E-state index in [-0.39, 0.29) is 0 Å². The van der Waals surface area contributed by atoms with E-state index in [0.29, 0.717) is 0 Å². The van der Waals surface area contributed by atoms with Crippen LogP contribution in [0.1, 0.15) is 18.4 Å². The normalized spacial score (nSPS) is 11.5. The molecule has 0 amide bonds. The zero-order chi connectivity index (χ0) is 10.1. The van der Waals surface area contributed by atoms with Crippen molar-refractivity contribution >= 4 is 17.7 Å². The Morgan fingerprint density at radius 3 is 2.57 bits per heavy atom. The summed E-state index contributed by atoms with van der Waals surface area (Å²) in [6, 6.07) is 10.3. The topological polar surface area (TPSA) is 0 Å². The lowest BCUT2D eigenvalue weighted by molar-refractivity contribution is 0.967. The molecule has 0 N–H and O–H groups in total. The van der Waals surface area contributed by atoms with Gasteiger partial charge in [0.15, 0.2) is 0 Å². The van der Waals surface area contributed by atoms with E-state index in [1.165, 1.54) is 5.56 Å². The first kappa shape index (κ1) is 11.1. The van der Waals surface area contributed by atoms with Crippen molar-refractivity contribution in [1.82, 2.24) is 0 Å². The largest absolute Gasteiger partial charge is 0.127 e. The molecule has 1 rings (SSSR count). The quantitative estimate of drug-likeness (QED) is 0.383. The first-order valence-electron chi connectivity index (χ1n) is 4.87. The van der Waals surface area contributed by atoms with Gasteiger partial charge in [0.1, 0.15) is 0 Å². The fourth-order valence-corrected chi connectivity index (χ4v) is 1.25. The number of hydrogen-bond acceptors (Lipinski definition) is 0. The summed E-state index contributed by atoms with van der Waals surface area (Å²) in [6.07, 6.45) is 10.5. The molecule has 0 spiro atoms. The molecule has 1 heteroatoms. The van der Waals surface area contributed by atoms with Crippen molar-refractivity contribution in [2.24, 2.45) is 0 Å². The second-order valence-corrected chi connectivity index (χ2v) is 3.41. The minimum absolute atomic E-state index is 0.743. The summed E-state index contributed by atoms with van der Waals surface area (Å²) in [7, 11) is 0. The van der Waals surface area contributed by atoms with Gasteiger partial charge in [-0.3, -0.25) is 0 Å². The van der Waals surface area contributed by atoms with Gasteiger partial charge in [0.2, 0.25) is 0 Å². The third kappa shape index (κ3) is 4.88. The monoisotopic (exact) mass is 206 g/mol. The van der Waals surface area contributed by atoms with E-state index in [9.17, 15) is 0 Å². The molecular formula is C13H15Cl. The zero-order valence-corrected chi connectivity index (χ0v) is 8.95. The minimum atomic E-state index is 0.743. The number of benzene rings is 1. The van der Waals surface area contributed by atoms with E-state index in [4.69, 9.17) is 11.6 Å². The number of allylic oxidation sites excluding steroid dienone is 3. The molecule has 0 fully saturated rings. The van der Waals surface area contributed by atoms with Crippen molar-refractivity contribution in [1.29, 1.82) is 0 Å². The molecule has 0 aromatic heterocycles. The van der Waals surface area contributed by atoms with Crippen molar-refractivity contribution < 1.29 is 0 Å². The molecule has 0 saturated carbocycles. The van der Waals surface area contributed by atoms with Gasteiger partial charge < -0.3 is 0 Å². The lowest BCUT2D eigenvalue weighted by Crippen LogP contribution is -1.70. The number of alkyl halides is 1. The summed E-state index contributed by atoms with van der Waals surface area (Å²) in [5.74, 6) is 0.743. The lowest BCUT2D eigenvalue weighted by atomic mass is 10.2. The summed E-state index contributed by atoms with van der Waals surface area (Å²) in [5.41, 5.74) is 1.23. The van der Waals surface area contributed by atoms with Gasteiger partial charge in [-0.15, -0.1) is 11.6 Å². The highest BCUT2D eigenvalue weighted by Gasteiger charge is 1.80. The Morgan fingerprint density at radius 1 is 1.07 bits per heavy atom. The second kappa shape index (κ2) is 7.40. The highest BCUT2D eigenvalue weighted by atomic mass is 35.5. The summed E-state index contributed by atoms with van der Waals surface area (Å²) in [5, 5.41) is 0. The Morgan fingerprint density at radius 2 is 1.86 bits per heavy atom. The minimum Gasteiger partial charge on any atom is -0.127 e. The Balaban J connectivity index is 2.31. The standard InChI is InChI=1S/C13H15Cl/c14-12-8-3-1-2-5-9-13-10-6-4-7-11-13/h1-2,4-7,9-11H,3,8,12H2. The smallest absolute Gasteiger partial charge is 0.0226 e. The predicted molar refractivity (Wildman–Crippen MR) is 64.6 cm³/mol. The van der Waals surface area contributed by atoms with Crippen LogP contribution in [0, 0.1) is 0 Å². The molecule has 0 atom stereocenters. The Kier molecular flexibility index (Phi) is 5.85. The Bertz CT molecular complexity index is 285. The second-order valence-electron chi connectivity index (χ2n) is 3.03. The van der Waals surface area contributed by atoms with Crippen LogP contribution in [0.3, 0.4) is 0 Å². The van der Waals surface area contributed by atoms with Crippen LogP contribution < -0.4 is 0 Å². The number of hydrogen-bond donors (Lipinski definition) is 0. The van der Waals surface area contributed by atoms with Crippen molar-refractivity contribution in [2.45, 2.75) is 12.8 Å². The molecule has 0 radical (unpaired) electrons. The zero-order valence-electron chi connectivity index (χ0n) is 8.20. The van der Waals surface area contributed by atoms with Crippen LogP contribution in [0.5, 0.6) is 0 Å². The van der Waals surface area contributed by atoms with Crippen LogP contribution >= 0.6 is 11.6 Å². The van der Waals surface area contributed by atoms with Crippen molar-refractivity contribution in [3.63, 3.8) is 0 Å². The molecule has 0 aliphatic carbocycles. The van der Waals surface area contributed by atoms with Crippen LogP contribution in [0.15, 0.2) is 48.6 Å². The highest BCUT2D eigenvalue weighted by Crippen LogP contribution is 2.01. The molecule has 14 heavy (non-hydrogen) atoms. The fraction of sp³-hybridized carbons (Fsp3) is 0.231. The van der Waals surface area contributed by atoms with E-state index in [0.717, 1.165) is 18.7 Å². The molecule has 0 bridgehead atoms. The third-order valence-electron chi connectivity index (χ3n) is 1.84. The first-order chi connectivity index (χ1) is 6.93. The van der Waals surface area contributed by atoms with Crippen molar-refractivity contribution in [3.05, 3.63) is 54.1 Å². The SMILES string of the molecule is ClCCCC=CC=Cc1ccccc1. The molecule has 0 heterocycles. The molecule has 0 unspecified atom stereocenters. The van der Waals surface area contributed by atoms with E-state index in [2.05, 4.69) is 36.4 Å². The van der Waals surface area contributed by atoms with Crippen LogP contribution in [0.2, 0.25) is 0 Å². The molecule has 0 saturated heterocycles. The lowest BCUT2D eigenvalue weighted by Gasteiger charge is -1.88. The van der Waals surface area contributed by atoms with E-state index in [1.54, 1.807) is 0 Å². The molecule has 0 aliphatic rings. The average Bonchev–Trinajstić information content (AvgIpc) is 2.25. The summed E-state index contributed by atoms with van der Waals surface area (Å²) < 4.78 is 0. The molecule has 0 nitrogen and oxygen atoms in total. The number of rotatable bonds is 5. The Labute approximate surface area is 90.9 Å². The first-order valence-corrected chi connectivity index (χ1v) is 5.41. The molecular weight excluding hydrogens is 192 g/mol. The molecule has 1 aromatic carbocycles. The van der Waals surface area contributed by atoms with Gasteiger partial charge in [0.25, 0.3) is 0 Å². The summed E-state index contributed by atoms with van der Waals surface area (Å²) in [4.78, 5) is 0. The van der Waals surface area contributed by atoms with Crippen LogP contribution in [0.4, 0.5) is 0 Å². The average molecular weight is 207 g/mol.